The predicted octanol–water partition coefficient (Wildman–Crippen LogP) is 2.89. The largest absolute Gasteiger partial charge is 0.323 e. The lowest BCUT2D eigenvalue weighted by Gasteiger charge is -2.07. The maximum Gasteiger partial charge on any atom is 0.137 e. The molecule has 98 valence electrons. The second-order valence-electron chi connectivity index (χ2n) is 4.75. The van der Waals surface area contributed by atoms with E-state index in [0.717, 1.165) is 22.6 Å². The predicted molar refractivity (Wildman–Crippen MR) is 77.9 cm³/mol. The van der Waals surface area contributed by atoms with Crippen molar-refractivity contribution in [1.82, 2.24) is 9.38 Å². The molecule has 4 heteroatoms. The third-order valence-corrected chi connectivity index (χ3v) is 3.28. The van der Waals surface area contributed by atoms with Crippen molar-refractivity contribution in [3.8, 4) is 17.3 Å². The standard InChI is InChI=1S/C16H14N4/c1-11(18)15-16(13-7-5-12(10-17)6-8-13)20-9-3-2-4-14(20)19-15/h2-9,11H,18H2,1H3. The van der Waals surface area contributed by atoms with Crippen molar-refractivity contribution in [3.63, 3.8) is 0 Å². The van der Waals surface area contributed by atoms with Gasteiger partial charge in [-0.2, -0.15) is 5.26 Å². The molecule has 3 aromatic rings. The highest BCUT2D eigenvalue weighted by Crippen LogP contribution is 2.28. The molecule has 0 radical (unpaired) electrons. The van der Waals surface area contributed by atoms with Gasteiger partial charge in [-0.3, -0.25) is 4.40 Å². The minimum Gasteiger partial charge on any atom is -0.323 e. The molecule has 0 aliphatic carbocycles. The van der Waals surface area contributed by atoms with Crippen LogP contribution in [0.1, 0.15) is 24.2 Å². The number of aromatic nitrogens is 2. The van der Waals surface area contributed by atoms with Gasteiger partial charge in [0.05, 0.1) is 23.0 Å². The molecule has 0 aliphatic heterocycles. The number of hydrogen-bond donors (Lipinski definition) is 1. The minimum atomic E-state index is -0.152. The molecule has 4 nitrogen and oxygen atoms in total. The molecule has 2 aromatic heterocycles. The first-order valence-electron chi connectivity index (χ1n) is 6.44. The highest BCUT2D eigenvalue weighted by atomic mass is 15.0. The van der Waals surface area contributed by atoms with Gasteiger partial charge in [-0.05, 0) is 31.2 Å². The van der Waals surface area contributed by atoms with Crippen LogP contribution in [0.3, 0.4) is 0 Å². The van der Waals surface area contributed by atoms with Crippen molar-refractivity contribution in [2.45, 2.75) is 13.0 Å². The Hall–Kier alpha value is -2.64. The molecule has 0 bridgehead atoms. The number of rotatable bonds is 2. The Morgan fingerprint density at radius 3 is 2.60 bits per heavy atom. The summed E-state index contributed by atoms with van der Waals surface area (Å²) in [6, 6.07) is 15.3. The van der Waals surface area contributed by atoms with Crippen LogP contribution in [0, 0.1) is 11.3 Å². The Balaban J connectivity index is 2.27. The van der Waals surface area contributed by atoms with Gasteiger partial charge in [-0.25, -0.2) is 4.98 Å². The van der Waals surface area contributed by atoms with E-state index in [-0.39, 0.29) is 6.04 Å². The highest BCUT2D eigenvalue weighted by molar-refractivity contribution is 5.68. The molecule has 0 amide bonds. The van der Waals surface area contributed by atoms with Crippen molar-refractivity contribution in [3.05, 3.63) is 59.9 Å². The van der Waals surface area contributed by atoms with Gasteiger partial charge < -0.3 is 5.73 Å². The molecule has 0 fully saturated rings. The summed E-state index contributed by atoms with van der Waals surface area (Å²) in [4.78, 5) is 4.60. The zero-order chi connectivity index (χ0) is 14.1. The van der Waals surface area contributed by atoms with Crippen LogP contribution in [0.25, 0.3) is 16.9 Å². The molecule has 0 spiro atoms. The second kappa shape index (κ2) is 4.80. The van der Waals surface area contributed by atoms with E-state index in [2.05, 4.69) is 11.1 Å². The van der Waals surface area contributed by atoms with E-state index in [1.165, 1.54) is 0 Å². The molecule has 1 unspecified atom stereocenters. The van der Waals surface area contributed by atoms with E-state index in [1.54, 1.807) is 0 Å². The number of nitriles is 1. The average Bonchev–Trinajstić information content (AvgIpc) is 2.87. The number of imidazole rings is 1. The van der Waals surface area contributed by atoms with Gasteiger partial charge in [-0.1, -0.05) is 18.2 Å². The first kappa shape index (κ1) is 12.4. The van der Waals surface area contributed by atoms with Crippen molar-refractivity contribution in [2.24, 2.45) is 5.73 Å². The van der Waals surface area contributed by atoms with Gasteiger partial charge >= 0.3 is 0 Å². The summed E-state index contributed by atoms with van der Waals surface area (Å²) >= 11 is 0. The van der Waals surface area contributed by atoms with Gasteiger partial charge in [0.2, 0.25) is 0 Å². The molecule has 1 atom stereocenters. The van der Waals surface area contributed by atoms with E-state index in [9.17, 15) is 0 Å². The summed E-state index contributed by atoms with van der Waals surface area (Å²) in [5.41, 5.74) is 10.4. The maximum absolute atomic E-state index is 8.89. The summed E-state index contributed by atoms with van der Waals surface area (Å²) < 4.78 is 2.03. The number of nitrogens with zero attached hydrogens (tertiary/aromatic N) is 3. The lowest BCUT2D eigenvalue weighted by molar-refractivity contribution is 0.793. The number of nitrogens with two attached hydrogens (primary N) is 1. The fourth-order valence-corrected chi connectivity index (χ4v) is 2.32. The Kier molecular flexibility index (Phi) is 2.97. The van der Waals surface area contributed by atoms with E-state index in [1.807, 2.05) is 60.0 Å². The van der Waals surface area contributed by atoms with Crippen LogP contribution in [0.5, 0.6) is 0 Å². The zero-order valence-electron chi connectivity index (χ0n) is 11.1. The number of hydrogen-bond acceptors (Lipinski definition) is 3. The maximum atomic E-state index is 8.89. The van der Waals surface area contributed by atoms with Crippen molar-refractivity contribution >= 4 is 5.65 Å². The van der Waals surface area contributed by atoms with Crippen LogP contribution in [0.15, 0.2) is 48.7 Å². The SMILES string of the molecule is CC(N)c1nc2ccccn2c1-c1ccc(C#N)cc1. The highest BCUT2D eigenvalue weighted by Gasteiger charge is 2.16. The summed E-state index contributed by atoms with van der Waals surface area (Å²) in [6.45, 7) is 1.93. The Bertz CT molecular complexity index is 791. The summed E-state index contributed by atoms with van der Waals surface area (Å²) in [5.74, 6) is 0. The van der Waals surface area contributed by atoms with Crippen LogP contribution in [-0.2, 0) is 0 Å². The fraction of sp³-hybridized carbons (Fsp3) is 0.125. The number of benzene rings is 1. The lowest BCUT2D eigenvalue weighted by atomic mass is 10.1. The monoisotopic (exact) mass is 262 g/mol. The van der Waals surface area contributed by atoms with Crippen molar-refractivity contribution in [2.75, 3.05) is 0 Å². The first-order chi connectivity index (χ1) is 9.70. The molecular weight excluding hydrogens is 248 g/mol. The second-order valence-corrected chi connectivity index (χ2v) is 4.75. The number of pyridine rings is 1. The van der Waals surface area contributed by atoms with Crippen LogP contribution in [0.2, 0.25) is 0 Å². The average molecular weight is 262 g/mol. The fourth-order valence-electron chi connectivity index (χ4n) is 2.32. The molecule has 0 aliphatic rings. The Morgan fingerprint density at radius 2 is 1.95 bits per heavy atom. The molecule has 20 heavy (non-hydrogen) atoms. The molecule has 2 heterocycles. The van der Waals surface area contributed by atoms with Gasteiger partial charge in [-0.15, -0.1) is 0 Å². The van der Waals surface area contributed by atoms with Crippen LogP contribution in [-0.4, -0.2) is 9.38 Å². The van der Waals surface area contributed by atoms with Crippen molar-refractivity contribution < 1.29 is 0 Å². The molecule has 2 N–H and O–H groups in total. The summed E-state index contributed by atoms with van der Waals surface area (Å²) in [7, 11) is 0. The van der Waals surface area contributed by atoms with Crippen molar-refractivity contribution in [1.29, 1.82) is 5.26 Å². The van der Waals surface area contributed by atoms with Crippen LogP contribution in [0.4, 0.5) is 0 Å². The summed E-state index contributed by atoms with van der Waals surface area (Å²) in [6.07, 6.45) is 1.97. The Morgan fingerprint density at radius 1 is 1.20 bits per heavy atom. The first-order valence-corrected chi connectivity index (χ1v) is 6.44. The third-order valence-electron chi connectivity index (χ3n) is 3.28. The topological polar surface area (TPSA) is 67.1 Å². The normalized spacial score (nSPS) is 12.2. The van der Waals surface area contributed by atoms with E-state index in [0.29, 0.717) is 5.56 Å². The lowest BCUT2D eigenvalue weighted by Crippen LogP contribution is -2.07. The smallest absolute Gasteiger partial charge is 0.137 e. The van der Waals surface area contributed by atoms with E-state index >= 15 is 0 Å². The van der Waals surface area contributed by atoms with E-state index < -0.39 is 0 Å². The van der Waals surface area contributed by atoms with E-state index in [4.69, 9.17) is 11.0 Å². The zero-order valence-corrected chi connectivity index (χ0v) is 11.1. The number of fused-ring (bicyclic) bond motifs is 1. The molecular formula is C16H14N4. The Labute approximate surface area is 117 Å². The third kappa shape index (κ3) is 1.94. The molecule has 3 rings (SSSR count). The van der Waals surface area contributed by atoms with Gasteiger partial charge in [0.25, 0.3) is 0 Å². The van der Waals surface area contributed by atoms with Gasteiger partial charge in [0, 0.05) is 17.8 Å². The van der Waals surface area contributed by atoms with Crippen LogP contribution < -0.4 is 5.73 Å². The molecule has 0 saturated carbocycles. The minimum absolute atomic E-state index is 0.152. The quantitative estimate of drug-likeness (QED) is 0.772. The van der Waals surface area contributed by atoms with Gasteiger partial charge in [0.15, 0.2) is 0 Å². The molecule has 1 aromatic carbocycles. The summed E-state index contributed by atoms with van der Waals surface area (Å²) in [5, 5.41) is 8.89. The van der Waals surface area contributed by atoms with Crippen LogP contribution >= 0.6 is 0 Å². The molecule has 0 saturated heterocycles. The van der Waals surface area contributed by atoms with Gasteiger partial charge in [0.1, 0.15) is 5.65 Å².